The van der Waals surface area contributed by atoms with E-state index in [1.807, 2.05) is 4.98 Å². The minimum atomic E-state index is -4.87. The average Bonchev–Trinajstić information content (AvgIpc) is 2.47. The number of nitro groups is 1. The van der Waals surface area contributed by atoms with Gasteiger partial charge in [0.2, 0.25) is 0 Å². The molecule has 1 aromatic heterocycles. The van der Waals surface area contributed by atoms with E-state index in [0.717, 1.165) is 0 Å². The van der Waals surface area contributed by atoms with Gasteiger partial charge in [0.25, 0.3) is 0 Å². The lowest BCUT2D eigenvalue weighted by Gasteiger charge is -2.13. The molecule has 0 spiro atoms. The molecule has 1 aromatic carbocycles. The Morgan fingerprint density at radius 2 is 1.92 bits per heavy atom. The van der Waals surface area contributed by atoms with Crippen LogP contribution in [0.15, 0.2) is 21.7 Å². The number of alkyl halides is 3. The maximum absolute atomic E-state index is 12.3. The molecule has 0 aliphatic heterocycles. The van der Waals surface area contributed by atoms with Crippen LogP contribution in [0.2, 0.25) is 0 Å². The minimum absolute atomic E-state index is 0.305. The van der Waals surface area contributed by atoms with Crippen molar-refractivity contribution in [2.45, 2.75) is 12.5 Å². The number of ether oxygens (including phenoxy) is 1. The Morgan fingerprint density at radius 3 is 2.42 bits per heavy atom. The molecule has 0 atom stereocenters. The lowest BCUT2D eigenvalue weighted by atomic mass is 10.2. The molecule has 0 saturated carbocycles. The Kier molecular flexibility index (Phi) is 4.94. The monoisotopic (exact) mass is 399 g/mol. The Balaban J connectivity index is 2.77. The second-order valence-electron chi connectivity index (χ2n) is 4.99. The zero-order valence-electron chi connectivity index (χ0n) is 12.4. The van der Waals surface area contributed by atoms with Crippen LogP contribution in [0.1, 0.15) is 0 Å². The van der Waals surface area contributed by atoms with Gasteiger partial charge in [-0.1, -0.05) is 0 Å². The van der Waals surface area contributed by atoms with E-state index in [-0.39, 0.29) is 0 Å². The van der Waals surface area contributed by atoms with Crippen molar-refractivity contribution in [2.24, 2.45) is 0 Å². The van der Waals surface area contributed by atoms with Crippen molar-refractivity contribution >= 4 is 24.3 Å². The molecule has 2 rings (SSSR count). The molecule has 15 heteroatoms. The van der Waals surface area contributed by atoms with Gasteiger partial charge in [0.05, 0.1) is 16.0 Å². The van der Waals surface area contributed by atoms with Crippen LogP contribution >= 0.6 is 7.60 Å². The van der Waals surface area contributed by atoms with Gasteiger partial charge in [-0.15, -0.1) is 0 Å². The Bertz CT molecular complexity index is 1040. The van der Waals surface area contributed by atoms with E-state index >= 15 is 0 Å². The third kappa shape index (κ3) is 4.47. The van der Waals surface area contributed by atoms with Crippen LogP contribution in [-0.2, 0) is 10.9 Å². The molecule has 1 heterocycles. The number of benzene rings is 1. The second kappa shape index (κ2) is 6.55. The molecule has 26 heavy (non-hydrogen) atoms. The molecule has 2 aromatic rings. The van der Waals surface area contributed by atoms with Crippen molar-refractivity contribution in [3.05, 3.63) is 43.0 Å². The van der Waals surface area contributed by atoms with Gasteiger partial charge < -0.3 is 19.5 Å². The first-order valence-corrected chi connectivity index (χ1v) is 8.27. The van der Waals surface area contributed by atoms with Gasteiger partial charge in [-0.25, -0.2) is 0 Å². The predicted octanol–water partition coefficient (Wildman–Crippen LogP) is 0.674. The molecule has 0 unspecified atom stereocenters. The quantitative estimate of drug-likeness (QED) is 0.286. The van der Waals surface area contributed by atoms with E-state index in [9.17, 15) is 37.4 Å². The summed E-state index contributed by atoms with van der Waals surface area (Å²) < 4.78 is 52.7. The third-order valence-electron chi connectivity index (χ3n) is 2.97. The molecule has 3 N–H and O–H groups in total. The van der Waals surface area contributed by atoms with Gasteiger partial charge in [-0.05, 0) is 0 Å². The summed E-state index contributed by atoms with van der Waals surface area (Å²) in [6, 6.07) is 1.24. The number of hydrogen-bond acceptors (Lipinski definition) is 6. The van der Waals surface area contributed by atoms with E-state index in [1.165, 1.54) is 0 Å². The standard InChI is InChI=1S/C11H9F3N3O8P/c12-11(13,14)3-25-8-2-6-5(1-7(8)17(20)21)15-9(18)10(19)16(6)4-26(22,23)24/h1-2H,3-4H2,(H,15,18)(H2,22,23,24). The second-order valence-corrected chi connectivity index (χ2v) is 6.60. The fourth-order valence-electron chi connectivity index (χ4n) is 2.03. The van der Waals surface area contributed by atoms with Crippen molar-refractivity contribution in [3.63, 3.8) is 0 Å². The summed E-state index contributed by atoms with van der Waals surface area (Å²) in [5.74, 6) is -0.897. The maximum Gasteiger partial charge on any atom is 0.422 e. The Hall–Kier alpha value is -2.70. The first-order chi connectivity index (χ1) is 11.8. The van der Waals surface area contributed by atoms with Gasteiger partial charge in [0.1, 0.15) is 6.29 Å². The highest BCUT2D eigenvalue weighted by Crippen LogP contribution is 2.38. The Morgan fingerprint density at radius 1 is 1.31 bits per heavy atom. The molecular weight excluding hydrogens is 390 g/mol. The number of fused-ring (bicyclic) bond motifs is 1. The smallest absolute Gasteiger partial charge is 0.422 e. The summed E-state index contributed by atoms with van der Waals surface area (Å²) in [5.41, 5.74) is -4.53. The first kappa shape index (κ1) is 19.6. The van der Waals surface area contributed by atoms with Crippen LogP contribution < -0.4 is 15.9 Å². The number of aromatic nitrogens is 2. The number of rotatable bonds is 5. The molecule has 0 saturated heterocycles. The van der Waals surface area contributed by atoms with Crippen molar-refractivity contribution in [3.8, 4) is 5.75 Å². The van der Waals surface area contributed by atoms with Crippen LogP contribution in [0.5, 0.6) is 5.75 Å². The van der Waals surface area contributed by atoms with E-state index in [1.54, 1.807) is 0 Å². The van der Waals surface area contributed by atoms with Crippen LogP contribution in [-0.4, -0.2) is 37.0 Å². The third-order valence-corrected chi connectivity index (χ3v) is 3.62. The summed E-state index contributed by atoms with van der Waals surface area (Å²) in [6.07, 6.45) is -6.08. The Labute approximate surface area is 139 Å². The fraction of sp³-hybridized carbons (Fsp3) is 0.273. The fourth-order valence-corrected chi connectivity index (χ4v) is 2.68. The molecule has 0 amide bonds. The van der Waals surface area contributed by atoms with Crippen LogP contribution in [0.25, 0.3) is 11.0 Å². The van der Waals surface area contributed by atoms with Gasteiger partial charge in [-0.2, -0.15) is 13.2 Å². The highest BCUT2D eigenvalue weighted by molar-refractivity contribution is 7.50. The summed E-state index contributed by atoms with van der Waals surface area (Å²) in [7, 11) is -4.87. The number of nitrogens with zero attached hydrogens (tertiary/aromatic N) is 2. The largest absolute Gasteiger partial charge is 0.477 e. The first-order valence-electron chi connectivity index (χ1n) is 6.48. The summed E-state index contributed by atoms with van der Waals surface area (Å²) in [5, 5.41) is 11.0. The zero-order chi connectivity index (χ0) is 19.9. The topological polar surface area (TPSA) is 165 Å². The molecule has 142 valence electrons. The van der Waals surface area contributed by atoms with Crippen LogP contribution in [0.3, 0.4) is 0 Å². The molecule has 0 aliphatic rings. The molecule has 0 aliphatic carbocycles. The van der Waals surface area contributed by atoms with Crippen LogP contribution in [0, 0.1) is 10.1 Å². The number of aromatic amines is 1. The van der Waals surface area contributed by atoms with Crippen molar-refractivity contribution < 1.29 is 37.2 Å². The number of nitro benzene ring substituents is 1. The van der Waals surface area contributed by atoms with Crippen molar-refractivity contribution in [2.75, 3.05) is 6.61 Å². The summed E-state index contributed by atoms with van der Waals surface area (Å²) in [6.45, 7) is -1.88. The van der Waals surface area contributed by atoms with E-state index in [4.69, 9.17) is 9.79 Å². The number of halogens is 3. The highest BCUT2D eigenvalue weighted by Gasteiger charge is 2.31. The lowest BCUT2D eigenvalue weighted by molar-refractivity contribution is -0.386. The van der Waals surface area contributed by atoms with E-state index < -0.39 is 65.2 Å². The summed E-state index contributed by atoms with van der Waals surface area (Å²) >= 11 is 0. The van der Waals surface area contributed by atoms with Gasteiger partial charge >= 0.3 is 30.6 Å². The number of nitrogens with one attached hydrogen (secondary N) is 1. The average molecular weight is 399 g/mol. The molecule has 0 fully saturated rings. The molecule has 11 nitrogen and oxygen atoms in total. The summed E-state index contributed by atoms with van der Waals surface area (Å²) in [4.78, 5) is 53.3. The maximum atomic E-state index is 12.3. The normalized spacial score (nSPS) is 12.3. The molecular formula is C11H9F3N3O8P. The molecule has 0 bridgehead atoms. The minimum Gasteiger partial charge on any atom is -0.477 e. The predicted molar refractivity (Wildman–Crippen MR) is 79.1 cm³/mol. The zero-order valence-corrected chi connectivity index (χ0v) is 13.3. The number of hydrogen-bond donors (Lipinski definition) is 3. The van der Waals surface area contributed by atoms with Gasteiger partial charge in [0.15, 0.2) is 12.4 Å². The SMILES string of the molecule is O=c1[nH]c2cc([N+](=O)[O-])c(OCC(F)(F)F)cc2n(CP(=O)(O)O)c1=O. The van der Waals surface area contributed by atoms with Crippen molar-refractivity contribution in [1.29, 1.82) is 0 Å². The van der Waals surface area contributed by atoms with Crippen LogP contribution in [0.4, 0.5) is 18.9 Å². The van der Waals surface area contributed by atoms with E-state index in [0.29, 0.717) is 16.7 Å². The van der Waals surface area contributed by atoms with Crippen molar-refractivity contribution in [1.82, 2.24) is 9.55 Å². The molecule has 0 radical (unpaired) electrons. The van der Waals surface area contributed by atoms with Gasteiger partial charge in [-0.3, -0.25) is 28.8 Å². The van der Waals surface area contributed by atoms with Gasteiger partial charge in [0, 0.05) is 12.1 Å². The highest BCUT2D eigenvalue weighted by atomic mass is 31.2. The lowest BCUT2D eigenvalue weighted by Crippen LogP contribution is -2.36. The van der Waals surface area contributed by atoms with E-state index in [2.05, 4.69) is 4.74 Å². The number of H-pyrrole nitrogens is 1.